The topological polar surface area (TPSA) is 41.1 Å². The van der Waals surface area contributed by atoms with Crippen molar-refractivity contribution < 1.29 is 9.18 Å². The van der Waals surface area contributed by atoms with Crippen molar-refractivity contribution in [3.8, 4) is 0 Å². The van der Waals surface area contributed by atoms with Crippen LogP contribution in [0.3, 0.4) is 0 Å². The van der Waals surface area contributed by atoms with Crippen LogP contribution in [0.15, 0.2) is 36.4 Å². The zero-order valence-corrected chi connectivity index (χ0v) is 17.9. The van der Waals surface area contributed by atoms with E-state index in [-0.39, 0.29) is 22.3 Å². The standard InChI is InChI=1S/C23H25Cl2FN2O/c1-22(17-9-8-15(24)12-20(17)27-14-29)18(16-6-5-7-19(25)21(16)26)13-28-23(22)10-3-2-4-11-23/h5-9,12,14,18,28H,2-4,10-11,13H2,1H3,(H,27,29)/t18?,22-/m1/s1. The minimum atomic E-state index is -0.450. The molecule has 1 heterocycles. The molecular weight excluding hydrogens is 410 g/mol. The lowest BCUT2D eigenvalue weighted by molar-refractivity contribution is -0.105. The van der Waals surface area contributed by atoms with E-state index in [1.807, 2.05) is 18.2 Å². The van der Waals surface area contributed by atoms with Crippen LogP contribution in [0.25, 0.3) is 0 Å². The smallest absolute Gasteiger partial charge is 0.211 e. The average molecular weight is 435 g/mol. The molecule has 2 fully saturated rings. The van der Waals surface area contributed by atoms with Gasteiger partial charge in [0.1, 0.15) is 5.82 Å². The Kier molecular flexibility index (Phi) is 5.62. The molecule has 0 bridgehead atoms. The molecule has 2 aromatic rings. The van der Waals surface area contributed by atoms with Gasteiger partial charge in [0.15, 0.2) is 0 Å². The maximum Gasteiger partial charge on any atom is 0.211 e. The zero-order valence-electron chi connectivity index (χ0n) is 16.4. The molecule has 3 nitrogen and oxygen atoms in total. The van der Waals surface area contributed by atoms with Gasteiger partial charge in [-0.05, 0) is 42.2 Å². The Morgan fingerprint density at radius 3 is 2.66 bits per heavy atom. The maximum atomic E-state index is 15.1. The van der Waals surface area contributed by atoms with Crippen LogP contribution in [0.5, 0.6) is 0 Å². The van der Waals surface area contributed by atoms with Gasteiger partial charge in [-0.3, -0.25) is 4.79 Å². The number of halogens is 3. The van der Waals surface area contributed by atoms with Crippen molar-refractivity contribution >= 4 is 35.3 Å². The molecule has 6 heteroatoms. The van der Waals surface area contributed by atoms with Crippen molar-refractivity contribution in [2.75, 3.05) is 11.9 Å². The van der Waals surface area contributed by atoms with Crippen LogP contribution in [-0.2, 0) is 10.2 Å². The van der Waals surface area contributed by atoms with E-state index in [0.29, 0.717) is 29.2 Å². The summed E-state index contributed by atoms with van der Waals surface area (Å²) in [5, 5.41) is 7.30. The van der Waals surface area contributed by atoms with Gasteiger partial charge in [-0.25, -0.2) is 4.39 Å². The molecule has 1 unspecified atom stereocenters. The van der Waals surface area contributed by atoms with Crippen molar-refractivity contribution in [2.45, 2.75) is 55.9 Å². The third-order valence-electron chi connectivity index (χ3n) is 7.16. The van der Waals surface area contributed by atoms with Gasteiger partial charge >= 0.3 is 0 Å². The summed E-state index contributed by atoms with van der Waals surface area (Å²) >= 11 is 12.4. The van der Waals surface area contributed by atoms with E-state index >= 15 is 4.39 Å². The maximum absolute atomic E-state index is 15.1. The van der Waals surface area contributed by atoms with E-state index in [1.54, 1.807) is 18.2 Å². The van der Waals surface area contributed by atoms with Crippen LogP contribution in [0, 0.1) is 5.82 Å². The molecule has 0 aromatic heterocycles. The second-order valence-electron chi connectivity index (χ2n) is 8.37. The molecule has 1 aliphatic heterocycles. The molecule has 1 amide bonds. The summed E-state index contributed by atoms with van der Waals surface area (Å²) in [4.78, 5) is 11.3. The van der Waals surface area contributed by atoms with Crippen LogP contribution in [0.1, 0.15) is 56.1 Å². The first-order valence-corrected chi connectivity index (χ1v) is 10.9. The van der Waals surface area contributed by atoms with Gasteiger partial charge in [-0.1, -0.05) is 67.6 Å². The van der Waals surface area contributed by atoms with E-state index in [9.17, 15) is 4.79 Å². The number of rotatable bonds is 4. The van der Waals surface area contributed by atoms with Gasteiger partial charge in [-0.2, -0.15) is 0 Å². The lowest BCUT2D eigenvalue weighted by atomic mass is 9.56. The van der Waals surface area contributed by atoms with Crippen molar-refractivity contribution in [3.05, 3.63) is 63.4 Å². The molecule has 29 heavy (non-hydrogen) atoms. The number of amides is 1. The number of benzene rings is 2. The first-order chi connectivity index (χ1) is 13.9. The number of nitrogens with one attached hydrogen (secondary N) is 2. The van der Waals surface area contributed by atoms with Crippen molar-refractivity contribution in [1.29, 1.82) is 0 Å². The Morgan fingerprint density at radius 1 is 1.17 bits per heavy atom. The van der Waals surface area contributed by atoms with E-state index in [1.165, 1.54) is 6.42 Å². The van der Waals surface area contributed by atoms with Gasteiger partial charge in [-0.15, -0.1) is 0 Å². The van der Waals surface area contributed by atoms with E-state index in [0.717, 1.165) is 31.2 Å². The quantitative estimate of drug-likeness (QED) is 0.575. The van der Waals surface area contributed by atoms with E-state index in [4.69, 9.17) is 23.2 Å². The number of anilines is 1. The van der Waals surface area contributed by atoms with Crippen molar-refractivity contribution in [1.82, 2.24) is 5.32 Å². The summed E-state index contributed by atoms with van der Waals surface area (Å²) in [6, 6.07) is 10.8. The largest absolute Gasteiger partial charge is 0.328 e. The molecule has 2 aromatic carbocycles. The number of hydrogen-bond acceptors (Lipinski definition) is 2. The molecule has 1 aliphatic carbocycles. The highest BCUT2D eigenvalue weighted by Gasteiger charge is 2.59. The third kappa shape index (κ3) is 3.26. The van der Waals surface area contributed by atoms with Crippen LogP contribution in [-0.4, -0.2) is 18.5 Å². The monoisotopic (exact) mass is 434 g/mol. The van der Waals surface area contributed by atoms with Crippen LogP contribution in [0.2, 0.25) is 10.0 Å². The van der Waals surface area contributed by atoms with Crippen LogP contribution in [0.4, 0.5) is 10.1 Å². The lowest BCUT2D eigenvalue weighted by Gasteiger charge is -2.49. The Labute approximate surface area is 181 Å². The second-order valence-corrected chi connectivity index (χ2v) is 9.22. The van der Waals surface area contributed by atoms with Gasteiger partial charge in [0.05, 0.1) is 5.02 Å². The van der Waals surface area contributed by atoms with E-state index < -0.39 is 5.41 Å². The van der Waals surface area contributed by atoms with Gasteiger partial charge in [0, 0.05) is 34.1 Å². The number of carbonyl (C=O) groups is 1. The Bertz CT molecular complexity index is 929. The zero-order chi connectivity index (χ0) is 20.6. The first-order valence-electron chi connectivity index (χ1n) is 10.1. The normalized spacial score (nSPS) is 25.9. The molecular formula is C23H25Cl2FN2O. The predicted octanol–water partition coefficient (Wildman–Crippen LogP) is 6.05. The highest BCUT2D eigenvalue weighted by atomic mass is 35.5. The molecule has 2 N–H and O–H groups in total. The number of carbonyl (C=O) groups excluding carboxylic acids is 1. The fourth-order valence-corrected chi connectivity index (χ4v) is 6.03. The highest BCUT2D eigenvalue weighted by molar-refractivity contribution is 6.31. The van der Waals surface area contributed by atoms with E-state index in [2.05, 4.69) is 17.6 Å². The average Bonchev–Trinajstić information content (AvgIpc) is 2.98. The lowest BCUT2D eigenvalue weighted by Crippen LogP contribution is -2.55. The van der Waals surface area contributed by atoms with Gasteiger partial charge in [0.2, 0.25) is 6.41 Å². The molecule has 1 spiro atoms. The fourth-order valence-electron chi connectivity index (χ4n) is 5.68. The minimum Gasteiger partial charge on any atom is -0.328 e. The summed E-state index contributed by atoms with van der Waals surface area (Å²) < 4.78 is 15.1. The Balaban J connectivity index is 1.94. The Morgan fingerprint density at radius 2 is 1.93 bits per heavy atom. The second kappa shape index (κ2) is 7.90. The summed E-state index contributed by atoms with van der Waals surface area (Å²) in [5.41, 5.74) is 1.63. The summed E-state index contributed by atoms with van der Waals surface area (Å²) in [7, 11) is 0. The first kappa shape index (κ1) is 20.6. The van der Waals surface area contributed by atoms with Crippen molar-refractivity contribution in [3.63, 3.8) is 0 Å². The summed E-state index contributed by atoms with van der Waals surface area (Å²) in [6.07, 6.45) is 6.13. The SMILES string of the molecule is C[C@@]1(c2ccc(Cl)cc2NC=O)C(c2cccc(Cl)c2F)CNC12CCCCC2. The highest BCUT2D eigenvalue weighted by Crippen LogP contribution is 2.57. The third-order valence-corrected chi connectivity index (χ3v) is 7.68. The van der Waals surface area contributed by atoms with Crippen LogP contribution < -0.4 is 10.6 Å². The molecule has 0 radical (unpaired) electrons. The molecule has 2 aliphatic rings. The molecule has 154 valence electrons. The van der Waals surface area contributed by atoms with Gasteiger partial charge in [0.25, 0.3) is 0 Å². The van der Waals surface area contributed by atoms with Crippen LogP contribution >= 0.6 is 23.2 Å². The summed E-state index contributed by atoms with van der Waals surface area (Å²) in [5.74, 6) is -0.494. The summed E-state index contributed by atoms with van der Waals surface area (Å²) in [6.45, 7) is 2.85. The number of hydrogen-bond donors (Lipinski definition) is 2. The molecule has 1 saturated heterocycles. The van der Waals surface area contributed by atoms with Crippen molar-refractivity contribution in [2.24, 2.45) is 0 Å². The fraction of sp³-hybridized carbons (Fsp3) is 0.435. The Hall–Kier alpha value is -1.62. The minimum absolute atomic E-state index is 0.132. The molecule has 2 atom stereocenters. The van der Waals surface area contributed by atoms with Gasteiger partial charge < -0.3 is 10.6 Å². The molecule has 4 rings (SSSR count). The molecule has 1 saturated carbocycles. The predicted molar refractivity (Wildman–Crippen MR) is 116 cm³/mol.